The Kier molecular flexibility index (Phi) is 4.37. The van der Waals surface area contributed by atoms with Gasteiger partial charge in [-0.2, -0.15) is 5.10 Å². The van der Waals surface area contributed by atoms with Gasteiger partial charge in [0.15, 0.2) is 5.96 Å². The number of hydrogen-bond acceptors (Lipinski definition) is 3. The molecule has 2 unspecified atom stereocenters. The summed E-state index contributed by atoms with van der Waals surface area (Å²) in [6, 6.07) is 9.05. The lowest BCUT2D eigenvalue weighted by Crippen LogP contribution is -2.38. The van der Waals surface area contributed by atoms with Crippen LogP contribution < -0.4 is 10.6 Å². The number of nitrogens with one attached hydrogen (secondary N) is 2. The Morgan fingerprint density at radius 1 is 1.41 bits per heavy atom. The highest BCUT2D eigenvalue weighted by atomic mass is 15.3. The fourth-order valence-electron chi connectivity index (χ4n) is 2.42. The number of guanidine groups is 1. The molecule has 0 saturated heterocycles. The molecule has 6 nitrogen and oxygen atoms in total. The summed E-state index contributed by atoms with van der Waals surface area (Å²) in [6.07, 6.45) is 4.52. The fourth-order valence-corrected chi connectivity index (χ4v) is 2.42. The summed E-state index contributed by atoms with van der Waals surface area (Å²) < 4.78 is 1.82. The van der Waals surface area contributed by atoms with E-state index in [2.05, 4.69) is 56.9 Å². The molecule has 1 heterocycles. The van der Waals surface area contributed by atoms with Crippen LogP contribution in [0.3, 0.4) is 0 Å². The van der Waals surface area contributed by atoms with Crippen molar-refractivity contribution >= 4 is 5.96 Å². The number of aromatic nitrogens is 3. The van der Waals surface area contributed by atoms with Crippen molar-refractivity contribution in [3.63, 3.8) is 0 Å². The van der Waals surface area contributed by atoms with Gasteiger partial charge in [0.25, 0.3) is 0 Å². The molecule has 2 atom stereocenters. The lowest BCUT2D eigenvalue weighted by Gasteiger charge is -2.12. The van der Waals surface area contributed by atoms with E-state index >= 15 is 0 Å². The summed E-state index contributed by atoms with van der Waals surface area (Å²) in [5.74, 6) is 1.63. The number of rotatable bonds is 5. The molecule has 6 heteroatoms. The third-order valence-corrected chi connectivity index (χ3v) is 3.92. The van der Waals surface area contributed by atoms with Gasteiger partial charge in [0, 0.05) is 19.6 Å². The topological polar surface area (TPSA) is 67.1 Å². The fraction of sp³-hybridized carbons (Fsp3) is 0.438. The van der Waals surface area contributed by atoms with Crippen LogP contribution in [0.4, 0.5) is 0 Å². The van der Waals surface area contributed by atoms with Crippen molar-refractivity contribution in [1.29, 1.82) is 0 Å². The van der Waals surface area contributed by atoms with Gasteiger partial charge in [-0.05, 0) is 23.5 Å². The van der Waals surface area contributed by atoms with Gasteiger partial charge in [-0.1, -0.05) is 31.2 Å². The molecular formula is C16H22N6. The molecule has 1 fully saturated rings. The van der Waals surface area contributed by atoms with E-state index in [1.54, 1.807) is 12.7 Å². The molecule has 0 radical (unpaired) electrons. The minimum absolute atomic E-state index is 0.574. The van der Waals surface area contributed by atoms with Crippen molar-refractivity contribution in [3.05, 3.63) is 48.0 Å². The minimum Gasteiger partial charge on any atom is -0.353 e. The highest BCUT2D eigenvalue weighted by molar-refractivity contribution is 5.80. The smallest absolute Gasteiger partial charge is 0.191 e. The number of benzene rings is 1. The maximum atomic E-state index is 4.27. The van der Waals surface area contributed by atoms with Crippen LogP contribution in [0.2, 0.25) is 0 Å². The van der Waals surface area contributed by atoms with Crippen molar-refractivity contribution in [3.8, 4) is 0 Å². The summed E-state index contributed by atoms with van der Waals surface area (Å²) in [7, 11) is 1.81. The second-order valence-electron chi connectivity index (χ2n) is 5.80. The van der Waals surface area contributed by atoms with Gasteiger partial charge in [-0.3, -0.25) is 4.99 Å². The van der Waals surface area contributed by atoms with Crippen LogP contribution in [0.1, 0.15) is 24.5 Å². The quantitative estimate of drug-likeness (QED) is 0.647. The van der Waals surface area contributed by atoms with Crippen LogP contribution in [0, 0.1) is 5.92 Å². The van der Waals surface area contributed by atoms with E-state index < -0.39 is 0 Å². The first-order chi connectivity index (χ1) is 10.7. The molecule has 1 aliphatic rings. The van der Waals surface area contributed by atoms with Crippen LogP contribution in [0.25, 0.3) is 0 Å². The Hall–Kier alpha value is -2.37. The van der Waals surface area contributed by atoms with Crippen LogP contribution in [-0.4, -0.2) is 33.8 Å². The van der Waals surface area contributed by atoms with Gasteiger partial charge in [0.05, 0.1) is 6.54 Å². The van der Waals surface area contributed by atoms with Gasteiger partial charge >= 0.3 is 0 Å². The lowest BCUT2D eigenvalue weighted by molar-refractivity contribution is 0.683. The molecule has 1 aliphatic carbocycles. The largest absolute Gasteiger partial charge is 0.353 e. The molecule has 0 bridgehead atoms. The number of nitrogens with zero attached hydrogens (tertiary/aromatic N) is 4. The van der Waals surface area contributed by atoms with Crippen LogP contribution in [0.5, 0.6) is 0 Å². The van der Waals surface area contributed by atoms with Crippen molar-refractivity contribution < 1.29 is 0 Å². The Bertz CT molecular complexity index is 634. The minimum atomic E-state index is 0.574. The van der Waals surface area contributed by atoms with Crippen LogP contribution in [-0.2, 0) is 13.1 Å². The summed E-state index contributed by atoms with van der Waals surface area (Å²) >= 11 is 0. The molecule has 3 rings (SSSR count). The second-order valence-corrected chi connectivity index (χ2v) is 5.80. The highest BCUT2D eigenvalue weighted by Gasteiger charge is 2.33. The summed E-state index contributed by atoms with van der Waals surface area (Å²) in [4.78, 5) is 8.24. The first-order valence-corrected chi connectivity index (χ1v) is 7.62. The Morgan fingerprint density at radius 2 is 2.23 bits per heavy atom. The van der Waals surface area contributed by atoms with Gasteiger partial charge in [-0.15, -0.1) is 0 Å². The highest BCUT2D eigenvalue weighted by Crippen LogP contribution is 2.28. The van der Waals surface area contributed by atoms with E-state index in [4.69, 9.17) is 0 Å². The normalized spacial score (nSPS) is 20.7. The van der Waals surface area contributed by atoms with Crippen LogP contribution >= 0.6 is 0 Å². The average Bonchev–Trinajstić information content (AvgIpc) is 2.99. The third-order valence-electron chi connectivity index (χ3n) is 3.92. The van der Waals surface area contributed by atoms with Crippen molar-refractivity contribution in [1.82, 2.24) is 25.4 Å². The average molecular weight is 298 g/mol. The molecule has 1 aromatic carbocycles. The van der Waals surface area contributed by atoms with E-state index in [0.717, 1.165) is 25.0 Å². The molecule has 116 valence electrons. The zero-order valence-electron chi connectivity index (χ0n) is 13.0. The van der Waals surface area contributed by atoms with Gasteiger partial charge in [-0.25, -0.2) is 9.67 Å². The SMILES string of the molecule is CN=C(NCc1cccc(Cn2cncn2)c1)NC1CC1C. The third kappa shape index (κ3) is 3.84. The molecule has 1 aromatic heterocycles. The van der Waals surface area contributed by atoms with Gasteiger partial charge < -0.3 is 10.6 Å². The first kappa shape index (κ1) is 14.6. The standard InChI is InChI=1S/C16H22N6/c1-12-6-15(12)21-16(17-2)19-8-13-4-3-5-14(7-13)9-22-11-18-10-20-22/h3-5,7,10-12,15H,6,8-9H2,1-2H3,(H2,17,19,21). The first-order valence-electron chi connectivity index (χ1n) is 7.62. The summed E-state index contributed by atoms with van der Waals surface area (Å²) in [5, 5.41) is 10.9. The second kappa shape index (κ2) is 6.60. The van der Waals surface area contributed by atoms with Crippen molar-refractivity contribution in [2.24, 2.45) is 10.9 Å². The Morgan fingerprint density at radius 3 is 2.91 bits per heavy atom. The lowest BCUT2D eigenvalue weighted by atomic mass is 10.1. The molecule has 0 aliphatic heterocycles. The van der Waals surface area contributed by atoms with E-state index in [9.17, 15) is 0 Å². The molecule has 1 saturated carbocycles. The van der Waals surface area contributed by atoms with E-state index in [1.807, 2.05) is 11.7 Å². The Balaban J connectivity index is 1.55. The molecule has 2 aromatic rings. The number of hydrogen-bond donors (Lipinski definition) is 2. The molecule has 0 amide bonds. The monoisotopic (exact) mass is 298 g/mol. The Labute approximate surface area is 130 Å². The summed E-state index contributed by atoms with van der Waals surface area (Å²) in [5.41, 5.74) is 2.44. The summed E-state index contributed by atoms with van der Waals surface area (Å²) in [6.45, 7) is 3.74. The van der Waals surface area contributed by atoms with E-state index in [1.165, 1.54) is 17.5 Å². The predicted molar refractivity (Wildman–Crippen MR) is 86.5 cm³/mol. The predicted octanol–water partition coefficient (Wildman–Crippen LogP) is 1.40. The molecule has 2 N–H and O–H groups in total. The van der Waals surface area contributed by atoms with Crippen LogP contribution in [0.15, 0.2) is 41.9 Å². The maximum Gasteiger partial charge on any atom is 0.191 e. The maximum absolute atomic E-state index is 4.27. The molecular weight excluding hydrogens is 276 g/mol. The van der Waals surface area contributed by atoms with Crippen molar-refractivity contribution in [2.75, 3.05) is 7.05 Å². The molecule has 22 heavy (non-hydrogen) atoms. The molecule has 0 spiro atoms. The van der Waals surface area contributed by atoms with Gasteiger partial charge in [0.2, 0.25) is 0 Å². The van der Waals surface area contributed by atoms with E-state index in [0.29, 0.717) is 6.04 Å². The zero-order chi connectivity index (χ0) is 15.4. The van der Waals surface area contributed by atoms with E-state index in [-0.39, 0.29) is 0 Å². The number of aliphatic imine (C=N–C) groups is 1. The van der Waals surface area contributed by atoms with Gasteiger partial charge in [0.1, 0.15) is 12.7 Å². The van der Waals surface area contributed by atoms with Crippen molar-refractivity contribution in [2.45, 2.75) is 32.5 Å². The zero-order valence-corrected chi connectivity index (χ0v) is 13.0.